The van der Waals surface area contributed by atoms with Gasteiger partial charge in [0.2, 0.25) is 0 Å². The first kappa shape index (κ1) is 14.5. The number of ether oxygens (including phenoxy) is 1. The molecule has 0 aliphatic rings. The first-order chi connectivity index (χ1) is 10.2. The average molecular weight is 411 g/mol. The summed E-state index contributed by atoms with van der Waals surface area (Å²) in [5.41, 5.74) is 1.80. The minimum Gasteiger partial charge on any atom is -0.493 e. The minimum atomic E-state index is 0.609. The molecule has 0 unspecified atom stereocenters. The third-order valence-electron chi connectivity index (χ3n) is 3.16. The zero-order valence-electron chi connectivity index (χ0n) is 11.3. The van der Waals surface area contributed by atoms with E-state index in [2.05, 4.69) is 37.2 Å². The molecule has 2 aromatic carbocycles. The van der Waals surface area contributed by atoms with E-state index in [1.165, 1.54) is 0 Å². The van der Waals surface area contributed by atoms with E-state index in [1.54, 1.807) is 7.11 Å². The molecule has 0 atom stereocenters. The Labute approximate surface area is 139 Å². The molecule has 1 N–H and O–H groups in total. The molecule has 1 aromatic heterocycles. The lowest BCUT2D eigenvalue weighted by Crippen LogP contribution is -1.98. The van der Waals surface area contributed by atoms with E-state index < -0.39 is 0 Å². The maximum absolute atomic E-state index is 5.86. The number of fused-ring (bicyclic) bond motifs is 1. The Morgan fingerprint density at radius 1 is 1.14 bits per heavy atom. The van der Waals surface area contributed by atoms with Gasteiger partial charge in [0.1, 0.15) is 5.76 Å². The second-order valence-corrected chi connectivity index (χ2v) is 6.34. The first-order valence-electron chi connectivity index (χ1n) is 6.42. The predicted molar refractivity (Wildman–Crippen MR) is 91.9 cm³/mol. The van der Waals surface area contributed by atoms with Crippen molar-refractivity contribution in [2.45, 2.75) is 6.54 Å². The van der Waals surface area contributed by atoms with Crippen molar-refractivity contribution in [3.8, 4) is 5.75 Å². The zero-order chi connectivity index (χ0) is 14.8. The molecule has 0 radical (unpaired) electrons. The van der Waals surface area contributed by atoms with Crippen molar-refractivity contribution in [1.82, 2.24) is 0 Å². The van der Waals surface area contributed by atoms with Crippen LogP contribution in [0.2, 0.25) is 0 Å². The Morgan fingerprint density at radius 2 is 2.00 bits per heavy atom. The Morgan fingerprint density at radius 3 is 2.76 bits per heavy atom. The third-order valence-corrected chi connectivity index (χ3v) is 4.31. The predicted octanol–water partition coefficient (Wildman–Crippen LogP) is 5.58. The Hall–Kier alpha value is -1.46. The van der Waals surface area contributed by atoms with Crippen LogP contribution in [-0.2, 0) is 6.54 Å². The summed E-state index contributed by atoms with van der Waals surface area (Å²) in [5, 5.41) is 4.40. The fraction of sp³-hybridized carbons (Fsp3) is 0.125. The van der Waals surface area contributed by atoms with Gasteiger partial charge in [-0.1, -0.05) is 28.1 Å². The van der Waals surface area contributed by atoms with Gasteiger partial charge in [0.25, 0.3) is 0 Å². The lowest BCUT2D eigenvalue weighted by molar-refractivity contribution is 0.408. The van der Waals surface area contributed by atoms with Gasteiger partial charge in [0.05, 0.1) is 13.7 Å². The van der Waals surface area contributed by atoms with Crippen LogP contribution in [0.25, 0.3) is 11.0 Å². The van der Waals surface area contributed by atoms with E-state index in [1.807, 2.05) is 42.5 Å². The van der Waals surface area contributed by atoms with Crippen molar-refractivity contribution in [3.63, 3.8) is 0 Å². The van der Waals surface area contributed by atoms with Gasteiger partial charge in [-0.3, -0.25) is 0 Å². The molecule has 0 aliphatic carbocycles. The topological polar surface area (TPSA) is 34.4 Å². The van der Waals surface area contributed by atoms with Crippen LogP contribution in [-0.4, -0.2) is 7.11 Å². The summed E-state index contributed by atoms with van der Waals surface area (Å²) < 4.78 is 13.2. The summed E-state index contributed by atoms with van der Waals surface area (Å²) >= 11 is 6.98. The number of para-hydroxylation sites is 1. The standard InChI is InChI=1S/C16H13Br2NO2/c1-20-15-4-2-3-10-7-12(21-16(10)15)9-19-14-6-5-11(17)8-13(14)18/h2-8,19H,9H2,1H3. The second kappa shape index (κ2) is 6.12. The summed E-state index contributed by atoms with van der Waals surface area (Å²) in [6.45, 7) is 0.609. The van der Waals surface area contributed by atoms with Crippen LogP contribution >= 0.6 is 31.9 Å². The van der Waals surface area contributed by atoms with Crippen molar-refractivity contribution >= 4 is 48.5 Å². The number of methoxy groups -OCH3 is 1. The minimum absolute atomic E-state index is 0.609. The quantitative estimate of drug-likeness (QED) is 0.609. The Balaban J connectivity index is 1.82. The van der Waals surface area contributed by atoms with Crippen molar-refractivity contribution in [1.29, 1.82) is 0 Å². The number of nitrogens with one attached hydrogen (secondary N) is 1. The Kier molecular flexibility index (Phi) is 4.22. The van der Waals surface area contributed by atoms with E-state index in [0.717, 1.165) is 37.1 Å². The summed E-state index contributed by atoms with van der Waals surface area (Å²) in [4.78, 5) is 0. The number of halogens is 2. The second-order valence-electron chi connectivity index (χ2n) is 4.57. The molecule has 3 nitrogen and oxygen atoms in total. The van der Waals surface area contributed by atoms with E-state index in [-0.39, 0.29) is 0 Å². The lowest BCUT2D eigenvalue weighted by Gasteiger charge is -2.07. The largest absolute Gasteiger partial charge is 0.493 e. The van der Waals surface area contributed by atoms with Crippen LogP contribution in [0.15, 0.2) is 55.8 Å². The van der Waals surface area contributed by atoms with Crippen LogP contribution in [0.1, 0.15) is 5.76 Å². The van der Waals surface area contributed by atoms with Gasteiger partial charge in [-0.25, -0.2) is 0 Å². The molecule has 0 saturated heterocycles. The third kappa shape index (κ3) is 3.09. The van der Waals surface area contributed by atoms with Gasteiger partial charge in [0.15, 0.2) is 11.3 Å². The zero-order valence-corrected chi connectivity index (χ0v) is 14.5. The maximum atomic E-state index is 5.86. The number of rotatable bonds is 4. The van der Waals surface area contributed by atoms with Crippen molar-refractivity contribution in [3.05, 3.63) is 57.2 Å². The van der Waals surface area contributed by atoms with Gasteiger partial charge in [-0.2, -0.15) is 0 Å². The molecule has 0 bridgehead atoms. The molecule has 0 saturated carbocycles. The van der Waals surface area contributed by atoms with Crippen LogP contribution < -0.4 is 10.1 Å². The summed E-state index contributed by atoms with van der Waals surface area (Å²) in [5.74, 6) is 1.62. The maximum Gasteiger partial charge on any atom is 0.176 e. The first-order valence-corrected chi connectivity index (χ1v) is 8.00. The van der Waals surface area contributed by atoms with Crippen LogP contribution in [0, 0.1) is 0 Å². The number of hydrogen-bond donors (Lipinski definition) is 1. The average Bonchev–Trinajstić information content (AvgIpc) is 2.89. The molecule has 0 aliphatic heterocycles. The highest BCUT2D eigenvalue weighted by atomic mass is 79.9. The Bertz CT molecular complexity index is 783. The molecular weight excluding hydrogens is 398 g/mol. The van der Waals surface area contributed by atoms with Gasteiger partial charge in [0, 0.05) is 20.0 Å². The molecule has 0 spiro atoms. The number of furan rings is 1. The molecule has 21 heavy (non-hydrogen) atoms. The fourth-order valence-corrected chi connectivity index (χ4v) is 3.34. The van der Waals surface area contributed by atoms with Gasteiger partial charge in [-0.05, 0) is 46.3 Å². The summed E-state index contributed by atoms with van der Waals surface area (Å²) in [7, 11) is 1.65. The van der Waals surface area contributed by atoms with Crippen molar-refractivity contribution in [2.75, 3.05) is 12.4 Å². The number of anilines is 1. The van der Waals surface area contributed by atoms with Crippen molar-refractivity contribution in [2.24, 2.45) is 0 Å². The molecule has 1 heterocycles. The van der Waals surface area contributed by atoms with E-state index >= 15 is 0 Å². The van der Waals surface area contributed by atoms with Gasteiger partial charge < -0.3 is 14.5 Å². The van der Waals surface area contributed by atoms with E-state index in [9.17, 15) is 0 Å². The molecule has 108 valence electrons. The summed E-state index contributed by atoms with van der Waals surface area (Å²) in [6.07, 6.45) is 0. The highest BCUT2D eigenvalue weighted by molar-refractivity contribution is 9.11. The highest BCUT2D eigenvalue weighted by Crippen LogP contribution is 2.30. The monoisotopic (exact) mass is 409 g/mol. The van der Waals surface area contributed by atoms with Gasteiger partial charge in [-0.15, -0.1) is 0 Å². The van der Waals surface area contributed by atoms with Gasteiger partial charge >= 0.3 is 0 Å². The molecule has 0 fully saturated rings. The number of hydrogen-bond acceptors (Lipinski definition) is 3. The SMILES string of the molecule is COc1cccc2cc(CNc3ccc(Br)cc3Br)oc12. The van der Waals surface area contributed by atoms with E-state index in [0.29, 0.717) is 6.54 Å². The van der Waals surface area contributed by atoms with Crippen LogP contribution in [0.4, 0.5) is 5.69 Å². The molecule has 0 amide bonds. The van der Waals surface area contributed by atoms with Crippen molar-refractivity contribution < 1.29 is 9.15 Å². The number of benzene rings is 2. The van der Waals surface area contributed by atoms with Crippen LogP contribution in [0.3, 0.4) is 0 Å². The molecule has 3 rings (SSSR count). The van der Waals surface area contributed by atoms with E-state index in [4.69, 9.17) is 9.15 Å². The highest BCUT2D eigenvalue weighted by Gasteiger charge is 2.09. The van der Waals surface area contributed by atoms with Crippen LogP contribution in [0.5, 0.6) is 5.75 Å². The molecule has 3 aromatic rings. The normalized spacial score (nSPS) is 10.8. The smallest absolute Gasteiger partial charge is 0.176 e. The molecular formula is C16H13Br2NO2. The molecule has 5 heteroatoms. The fourth-order valence-electron chi connectivity index (χ4n) is 2.15. The lowest BCUT2D eigenvalue weighted by atomic mass is 10.2. The summed E-state index contributed by atoms with van der Waals surface area (Å²) in [6, 6.07) is 13.9.